The van der Waals surface area contributed by atoms with E-state index in [4.69, 9.17) is 0 Å². The molecule has 0 spiro atoms. The summed E-state index contributed by atoms with van der Waals surface area (Å²) >= 11 is 5.28. The van der Waals surface area contributed by atoms with E-state index in [1.165, 1.54) is 15.5 Å². The van der Waals surface area contributed by atoms with Crippen molar-refractivity contribution < 1.29 is 0 Å². The average molecular weight is 293 g/mol. The highest BCUT2D eigenvalue weighted by molar-refractivity contribution is 9.10. The van der Waals surface area contributed by atoms with Gasteiger partial charge in [0.05, 0.1) is 10.2 Å². The number of rotatable bonds is 1. The Kier molecular flexibility index (Phi) is 2.33. The summed E-state index contributed by atoms with van der Waals surface area (Å²) in [5.74, 6) is 0. The lowest BCUT2D eigenvalue weighted by Gasteiger charge is -2.00. The number of hydrogen-bond donors (Lipinski definition) is 1. The number of aromatic nitrogens is 1. The molecule has 0 aliphatic heterocycles. The average Bonchev–Trinajstić information content (AvgIpc) is 2.72. The van der Waals surface area contributed by atoms with Gasteiger partial charge in [0.15, 0.2) is 5.13 Å². The van der Waals surface area contributed by atoms with E-state index in [1.54, 1.807) is 11.3 Å². The lowest BCUT2D eigenvalue weighted by atomic mass is 10.1. The first-order valence-electron chi connectivity index (χ1n) is 4.95. The Hall–Kier alpha value is -1.13. The van der Waals surface area contributed by atoms with Crippen molar-refractivity contribution in [3.63, 3.8) is 0 Å². The summed E-state index contributed by atoms with van der Waals surface area (Å²) in [7, 11) is 1.90. The molecule has 16 heavy (non-hydrogen) atoms. The Balaban J connectivity index is 2.52. The van der Waals surface area contributed by atoms with E-state index in [0.29, 0.717) is 0 Å². The van der Waals surface area contributed by atoms with Crippen LogP contribution in [0.3, 0.4) is 0 Å². The molecule has 0 unspecified atom stereocenters. The first-order chi connectivity index (χ1) is 7.79. The molecule has 3 aromatic rings. The van der Waals surface area contributed by atoms with Gasteiger partial charge in [-0.3, -0.25) is 0 Å². The van der Waals surface area contributed by atoms with Crippen LogP contribution in [0.2, 0.25) is 0 Å². The topological polar surface area (TPSA) is 24.9 Å². The number of thiazole rings is 1. The quantitative estimate of drug-likeness (QED) is 0.725. The van der Waals surface area contributed by atoms with Crippen LogP contribution in [0, 0.1) is 0 Å². The zero-order chi connectivity index (χ0) is 11.1. The summed E-state index contributed by atoms with van der Waals surface area (Å²) in [6, 6.07) is 10.5. The van der Waals surface area contributed by atoms with Gasteiger partial charge in [-0.1, -0.05) is 51.5 Å². The molecular weight excluding hydrogens is 284 g/mol. The summed E-state index contributed by atoms with van der Waals surface area (Å²) in [5, 5.41) is 6.46. The second-order valence-electron chi connectivity index (χ2n) is 3.52. The largest absolute Gasteiger partial charge is 0.365 e. The van der Waals surface area contributed by atoms with E-state index >= 15 is 0 Å². The number of hydrogen-bond acceptors (Lipinski definition) is 3. The third-order valence-corrected chi connectivity index (χ3v) is 4.24. The van der Waals surface area contributed by atoms with Gasteiger partial charge in [0.2, 0.25) is 0 Å². The second kappa shape index (κ2) is 3.71. The van der Waals surface area contributed by atoms with Crippen LogP contribution >= 0.6 is 27.3 Å². The maximum atomic E-state index is 4.59. The Bertz CT molecular complexity index is 675. The summed E-state index contributed by atoms with van der Waals surface area (Å²) in [6.07, 6.45) is 0. The number of nitrogens with one attached hydrogen (secondary N) is 1. The first kappa shape index (κ1) is 10.1. The van der Waals surface area contributed by atoms with Crippen molar-refractivity contribution in [1.29, 1.82) is 0 Å². The molecule has 0 saturated heterocycles. The Morgan fingerprint density at radius 2 is 2.00 bits per heavy atom. The van der Waals surface area contributed by atoms with Crippen LogP contribution < -0.4 is 5.32 Å². The van der Waals surface area contributed by atoms with Crippen LogP contribution in [0.1, 0.15) is 0 Å². The predicted octanol–water partition coefficient (Wildman–Crippen LogP) is 4.25. The third kappa shape index (κ3) is 1.41. The number of fused-ring (bicyclic) bond motifs is 3. The van der Waals surface area contributed by atoms with Gasteiger partial charge in [-0.2, -0.15) is 0 Å². The fraction of sp³-hybridized carbons (Fsp3) is 0.0833. The molecule has 0 bridgehead atoms. The maximum absolute atomic E-state index is 4.59. The molecule has 3 rings (SSSR count). The molecule has 0 aliphatic rings. The molecule has 2 nitrogen and oxygen atoms in total. The smallest absolute Gasteiger partial charge is 0.183 e. The van der Waals surface area contributed by atoms with Crippen molar-refractivity contribution in [2.75, 3.05) is 12.4 Å². The molecule has 2 aromatic carbocycles. The third-order valence-electron chi connectivity index (χ3n) is 2.56. The molecule has 4 heteroatoms. The lowest BCUT2D eigenvalue weighted by molar-refractivity contribution is 1.42. The summed E-state index contributed by atoms with van der Waals surface area (Å²) in [6.45, 7) is 0. The van der Waals surface area contributed by atoms with Gasteiger partial charge in [0.1, 0.15) is 0 Å². The van der Waals surface area contributed by atoms with Crippen molar-refractivity contribution in [2.24, 2.45) is 0 Å². The van der Waals surface area contributed by atoms with Crippen molar-refractivity contribution in [3.8, 4) is 0 Å². The molecule has 1 heterocycles. The number of halogens is 1. The standard InChI is InChI=1S/C12H9BrN2S/c1-14-12-15-11-8-5-3-2-4-7(8)9(13)6-10(11)16-12/h2-6H,1H3,(H,14,15). The predicted molar refractivity (Wildman–Crippen MR) is 74.4 cm³/mol. The fourth-order valence-electron chi connectivity index (χ4n) is 1.82. The molecule has 0 atom stereocenters. The van der Waals surface area contributed by atoms with Crippen LogP contribution in [0.15, 0.2) is 34.8 Å². The van der Waals surface area contributed by atoms with Gasteiger partial charge in [-0.25, -0.2) is 4.98 Å². The fourth-order valence-corrected chi connectivity index (χ4v) is 3.42. The minimum atomic E-state index is 0.957. The molecular formula is C12H9BrN2S. The van der Waals surface area contributed by atoms with Gasteiger partial charge >= 0.3 is 0 Å². The Morgan fingerprint density at radius 1 is 1.25 bits per heavy atom. The van der Waals surface area contributed by atoms with Gasteiger partial charge in [-0.05, 0) is 11.5 Å². The van der Waals surface area contributed by atoms with Crippen LogP contribution in [-0.2, 0) is 0 Å². The minimum Gasteiger partial charge on any atom is -0.365 e. The maximum Gasteiger partial charge on any atom is 0.183 e. The number of anilines is 1. The molecule has 0 amide bonds. The van der Waals surface area contributed by atoms with Gasteiger partial charge < -0.3 is 5.32 Å². The minimum absolute atomic E-state index is 0.957. The van der Waals surface area contributed by atoms with E-state index in [9.17, 15) is 0 Å². The molecule has 0 fully saturated rings. The molecule has 1 aromatic heterocycles. The molecule has 1 N–H and O–H groups in total. The van der Waals surface area contributed by atoms with Crippen molar-refractivity contribution >= 4 is 53.4 Å². The van der Waals surface area contributed by atoms with Crippen molar-refractivity contribution in [2.45, 2.75) is 0 Å². The highest BCUT2D eigenvalue weighted by Gasteiger charge is 2.08. The van der Waals surface area contributed by atoms with Gasteiger partial charge in [-0.15, -0.1) is 0 Å². The normalized spacial score (nSPS) is 11.1. The van der Waals surface area contributed by atoms with Crippen molar-refractivity contribution in [3.05, 3.63) is 34.8 Å². The van der Waals surface area contributed by atoms with E-state index in [0.717, 1.165) is 15.1 Å². The highest BCUT2D eigenvalue weighted by atomic mass is 79.9. The van der Waals surface area contributed by atoms with Crippen molar-refractivity contribution in [1.82, 2.24) is 4.98 Å². The highest BCUT2D eigenvalue weighted by Crippen LogP contribution is 2.35. The zero-order valence-corrected chi connectivity index (χ0v) is 11.0. The van der Waals surface area contributed by atoms with Gasteiger partial charge in [0.25, 0.3) is 0 Å². The summed E-state index contributed by atoms with van der Waals surface area (Å²) in [4.78, 5) is 4.59. The van der Waals surface area contributed by atoms with Gasteiger partial charge in [0, 0.05) is 16.9 Å². The Labute approximate surface area is 105 Å². The summed E-state index contributed by atoms with van der Waals surface area (Å²) in [5.41, 5.74) is 1.08. The monoisotopic (exact) mass is 292 g/mol. The van der Waals surface area contributed by atoms with Crippen LogP contribution in [-0.4, -0.2) is 12.0 Å². The lowest BCUT2D eigenvalue weighted by Crippen LogP contribution is -1.84. The molecule has 0 saturated carbocycles. The number of nitrogens with zero attached hydrogens (tertiary/aromatic N) is 1. The second-order valence-corrected chi connectivity index (χ2v) is 5.40. The van der Waals surface area contributed by atoms with E-state index < -0.39 is 0 Å². The summed E-state index contributed by atoms with van der Waals surface area (Å²) < 4.78 is 2.33. The molecule has 0 aliphatic carbocycles. The van der Waals surface area contributed by atoms with Crippen LogP contribution in [0.4, 0.5) is 5.13 Å². The molecule has 0 radical (unpaired) electrons. The number of benzene rings is 2. The van der Waals surface area contributed by atoms with E-state index in [-0.39, 0.29) is 0 Å². The van der Waals surface area contributed by atoms with E-state index in [2.05, 4.69) is 44.4 Å². The van der Waals surface area contributed by atoms with Crippen LogP contribution in [0.5, 0.6) is 0 Å². The Morgan fingerprint density at radius 3 is 2.75 bits per heavy atom. The van der Waals surface area contributed by atoms with Crippen LogP contribution in [0.25, 0.3) is 21.0 Å². The zero-order valence-electron chi connectivity index (χ0n) is 8.62. The molecule has 80 valence electrons. The first-order valence-corrected chi connectivity index (χ1v) is 6.56. The SMILES string of the molecule is CNc1nc2c(cc(Br)c3ccccc32)s1. The van der Waals surface area contributed by atoms with E-state index in [1.807, 2.05) is 19.2 Å².